The molecule has 0 saturated carbocycles. The largest absolute Gasteiger partial charge is 0.312 e. The maximum Gasteiger partial charge on any atom is 0.150 e. The predicted octanol–water partition coefficient (Wildman–Crippen LogP) is 2.07. The molecule has 0 amide bonds. The molecule has 1 aromatic carbocycles. The molecule has 2 heterocycles. The second-order valence-electron chi connectivity index (χ2n) is 6.69. The molecule has 1 atom stereocenters. The summed E-state index contributed by atoms with van der Waals surface area (Å²) in [6.45, 7) is 6.39. The molecule has 0 spiro atoms. The van der Waals surface area contributed by atoms with Gasteiger partial charge in [-0.05, 0) is 38.3 Å². The van der Waals surface area contributed by atoms with E-state index in [1.165, 1.54) is 16.8 Å². The summed E-state index contributed by atoms with van der Waals surface area (Å²) in [5, 5.41) is 8.08. The molecule has 5 nitrogen and oxygen atoms in total. The molecular weight excluding hydrogens is 322 g/mol. The van der Waals surface area contributed by atoms with Crippen LogP contribution in [0, 0.1) is 19.8 Å². The molecule has 0 unspecified atom stereocenters. The van der Waals surface area contributed by atoms with Crippen LogP contribution in [0.15, 0.2) is 30.3 Å². The van der Waals surface area contributed by atoms with Gasteiger partial charge in [-0.25, -0.2) is 8.42 Å². The van der Waals surface area contributed by atoms with E-state index in [1.54, 1.807) is 0 Å². The van der Waals surface area contributed by atoms with Crippen molar-refractivity contribution < 1.29 is 8.42 Å². The first-order chi connectivity index (χ1) is 11.4. The maximum atomic E-state index is 11.5. The molecule has 0 bridgehead atoms. The number of aryl methyl sites for hydroxylation is 1. The summed E-state index contributed by atoms with van der Waals surface area (Å²) in [7, 11) is -2.79. The number of hydrogen-bond acceptors (Lipinski definition) is 4. The summed E-state index contributed by atoms with van der Waals surface area (Å²) in [5.41, 5.74) is 4.66. The fraction of sp³-hybridized carbons (Fsp3) is 0.500. The first-order valence-electron chi connectivity index (χ1n) is 8.42. The molecule has 24 heavy (non-hydrogen) atoms. The normalized spacial score (nSPS) is 19.7. The summed E-state index contributed by atoms with van der Waals surface area (Å²) in [6.07, 6.45) is 0.778. The Morgan fingerprint density at radius 2 is 2.00 bits per heavy atom. The molecule has 6 heteroatoms. The SMILES string of the molecule is Cc1nn(Cc2ccccc2)c(C)c1CNC[C@H]1CCS(=O)(=O)C1. The third-order valence-corrected chi connectivity index (χ3v) is 6.61. The molecular formula is C18H25N3O2S. The topological polar surface area (TPSA) is 64.0 Å². The number of nitrogens with one attached hydrogen (secondary N) is 1. The van der Waals surface area contributed by atoms with Gasteiger partial charge in [-0.15, -0.1) is 0 Å². The highest BCUT2D eigenvalue weighted by atomic mass is 32.2. The third-order valence-electron chi connectivity index (χ3n) is 4.77. The van der Waals surface area contributed by atoms with Crippen LogP contribution < -0.4 is 5.32 Å². The summed E-state index contributed by atoms with van der Waals surface area (Å²) in [4.78, 5) is 0. The van der Waals surface area contributed by atoms with Gasteiger partial charge in [-0.2, -0.15) is 5.10 Å². The van der Waals surface area contributed by atoms with Crippen molar-refractivity contribution in [2.45, 2.75) is 33.4 Å². The van der Waals surface area contributed by atoms with Crippen LogP contribution in [0.4, 0.5) is 0 Å². The van der Waals surface area contributed by atoms with Gasteiger partial charge in [0.25, 0.3) is 0 Å². The van der Waals surface area contributed by atoms with Crippen LogP contribution in [0.1, 0.15) is 28.9 Å². The van der Waals surface area contributed by atoms with E-state index in [0.29, 0.717) is 11.5 Å². The number of benzene rings is 1. The van der Waals surface area contributed by atoms with E-state index in [1.807, 2.05) is 29.8 Å². The van der Waals surface area contributed by atoms with E-state index in [4.69, 9.17) is 0 Å². The van der Waals surface area contributed by atoms with Gasteiger partial charge in [0, 0.05) is 17.8 Å². The summed E-state index contributed by atoms with van der Waals surface area (Å²) in [5.74, 6) is 0.910. The van der Waals surface area contributed by atoms with Crippen molar-refractivity contribution in [1.29, 1.82) is 0 Å². The molecule has 1 aromatic heterocycles. The number of aromatic nitrogens is 2. The predicted molar refractivity (Wildman–Crippen MR) is 95.7 cm³/mol. The minimum atomic E-state index is -2.79. The Labute approximate surface area is 144 Å². The Kier molecular flexibility index (Phi) is 5.06. The fourth-order valence-corrected chi connectivity index (χ4v) is 5.20. The average Bonchev–Trinajstić information content (AvgIpc) is 3.02. The first-order valence-corrected chi connectivity index (χ1v) is 10.2. The molecule has 3 rings (SSSR count). The Morgan fingerprint density at radius 1 is 1.25 bits per heavy atom. The van der Waals surface area contributed by atoms with Crippen molar-refractivity contribution in [1.82, 2.24) is 15.1 Å². The van der Waals surface area contributed by atoms with Crippen molar-refractivity contribution in [2.75, 3.05) is 18.1 Å². The Hall–Kier alpha value is -1.66. The summed E-state index contributed by atoms with van der Waals surface area (Å²) >= 11 is 0. The summed E-state index contributed by atoms with van der Waals surface area (Å²) < 4.78 is 25.1. The molecule has 1 fully saturated rings. The lowest BCUT2D eigenvalue weighted by atomic mass is 10.1. The van der Waals surface area contributed by atoms with Gasteiger partial charge < -0.3 is 5.32 Å². The van der Waals surface area contributed by atoms with Gasteiger partial charge in [0.1, 0.15) is 0 Å². The smallest absolute Gasteiger partial charge is 0.150 e. The van der Waals surface area contributed by atoms with Crippen LogP contribution in [0.5, 0.6) is 0 Å². The Morgan fingerprint density at radius 3 is 2.67 bits per heavy atom. The van der Waals surface area contributed by atoms with Crippen LogP contribution in [0.2, 0.25) is 0 Å². The second-order valence-corrected chi connectivity index (χ2v) is 8.92. The summed E-state index contributed by atoms with van der Waals surface area (Å²) in [6, 6.07) is 10.3. The minimum absolute atomic E-state index is 0.245. The van der Waals surface area contributed by atoms with Crippen LogP contribution in [-0.2, 0) is 22.9 Å². The molecule has 0 radical (unpaired) electrons. The lowest BCUT2D eigenvalue weighted by molar-refractivity contribution is 0.519. The van der Waals surface area contributed by atoms with E-state index in [2.05, 4.69) is 29.5 Å². The highest BCUT2D eigenvalue weighted by Gasteiger charge is 2.27. The van der Waals surface area contributed by atoms with Crippen LogP contribution in [-0.4, -0.2) is 36.2 Å². The Balaban J connectivity index is 1.60. The zero-order valence-corrected chi connectivity index (χ0v) is 15.1. The molecule has 2 aromatic rings. The zero-order valence-electron chi connectivity index (χ0n) is 14.3. The van der Waals surface area contributed by atoms with Crippen molar-refractivity contribution in [3.05, 3.63) is 52.8 Å². The molecule has 0 aliphatic carbocycles. The van der Waals surface area contributed by atoms with E-state index in [0.717, 1.165) is 31.7 Å². The quantitative estimate of drug-likeness (QED) is 0.869. The van der Waals surface area contributed by atoms with Gasteiger partial charge in [0.05, 0.1) is 23.7 Å². The van der Waals surface area contributed by atoms with E-state index in [-0.39, 0.29) is 5.92 Å². The monoisotopic (exact) mass is 347 g/mol. The highest BCUT2D eigenvalue weighted by Crippen LogP contribution is 2.18. The van der Waals surface area contributed by atoms with Gasteiger partial charge >= 0.3 is 0 Å². The standard InChI is InChI=1S/C18H25N3O2S/c1-14-18(11-19-10-17-8-9-24(22,23)13-17)15(2)21(20-14)12-16-6-4-3-5-7-16/h3-7,17,19H,8-13H2,1-2H3/t17-/m1/s1. The molecule has 1 aliphatic heterocycles. The lowest BCUT2D eigenvalue weighted by Crippen LogP contribution is -2.23. The Bertz CT molecular complexity index is 797. The molecule has 130 valence electrons. The number of hydrogen-bond donors (Lipinski definition) is 1. The average molecular weight is 347 g/mol. The van der Waals surface area contributed by atoms with Crippen LogP contribution in [0.3, 0.4) is 0 Å². The van der Waals surface area contributed by atoms with E-state index >= 15 is 0 Å². The second kappa shape index (κ2) is 7.07. The lowest BCUT2D eigenvalue weighted by Gasteiger charge is -2.10. The maximum absolute atomic E-state index is 11.5. The number of nitrogens with zero attached hydrogens (tertiary/aromatic N) is 2. The molecule has 1 aliphatic rings. The number of sulfone groups is 1. The van der Waals surface area contributed by atoms with Gasteiger partial charge in [0.15, 0.2) is 9.84 Å². The third kappa shape index (κ3) is 4.05. The number of rotatable bonds is 6. The van der Waals surface area contributed by atoms with E-state index < -0.39 is 9.84 Å². The van der Waals surface area contributed by atoms with Crippen molar-refractivity contribution in [3.8, 4) is 0 Å². The molecule has 1 N–H and O–H groups in total. The molecule has 1 saturated heterocycles. The van der Waals surface area contributed by atoms with E-state index in [9.17, 15) is 8.42 Å². The van der Waals surface area contributed by atoms with Crippen molar-refractivity contribution >= 4 is 9.84 Å². The first kappa shape index (κ1) is 17.2. The van der Waals surface area contributed by atoms with Crippen molar-refractivity contribution in [3.63, 3.8) is 0 Å². The van der Waals surface area contributed by atoms with Crippen molar-refractivity contribution in [2.24, 2.45) is 5.92 Å². The highest BCUT2D eigenvalue weighted by molar-refractivity contribution is 7.91. The van der Waals surface area contributed by atoms with Crippen LogP contribution in [0.25, 0.3) is 0 Å². The van der Waals surface area contributed by atoms with Gasteiger partial charge in [-0.1, -0.05) is 30.3 Å². The fourth-order valence-electron chi connectivity index (χ4n) is 3.33. The van der Waals surface area contributed by atoms with Crippen LogP contribution >= 0.6 is 0 Å². The van der Waals surface area contributed by atoms with Gasteiger partial charge in [0.2, 0.25) is 0 Å². The zero-order chi connectivity index (χ0) is 17.2. The van der Waals surface area contributed by atoms with Gasteiger partial charge in [-0.3, -0.25) is 4.68 Å². The minimum Gasteiger partial charge on any atom is -0.312 e.